The highest BCUT2D eigenvalue weighted by Gasteiger charge is 2.16. The number of halogens is 2. The monoisotopic (exact) mass is 302 g/mol. The van der Waals surface area contributed by atoms with Crippen molar-refractivity contribution in [3.8, 4) is 11.6 Å². The van der Waals surface area contributed by atoms with E-state index < -0.39 is 6.16 Å². The van der Waals surface area contributed by atoms with Crippen LogP contribution < -0.4 is 10.5 Å². The van der Waals surface area contributed by atoms with Gasteiger partial charge >= 0.3 is 6.16 Å². The SMILES string of the molecule is COC(=O)Oc1nnn(-c2cc(Cl)cc(Cl)c2)c1N. The number of hydrogen-bond donors (Lipinski definition) is 1. The van der Waals surface area contributed by atoms with Crippen LogP contribution >= 0.6 is 23.2 Å². The summed E-state index contributed by atoms with van der Waals surface area (Å²) in [5, 5.41) is 8.19. The molecule has 2 N–H and O–H groups in total. The Morgan fingerprint density at radius 1 is 1.32 bits per heavy atom. The maximum absolute atomic E-state index is 11.0. The molecule has 0 aliphatic rings. The highest BCUT2D eigenvalue weighted by molar-refractivity contribution is 6.34. The topological polar surface area (TPSA) is 92.3 Å². The van der Waals surface area contributed by atoms with Crippen molar-refractivity contribution in [3.63, 3.8) is 0 Å². The standard InChI is InChI=1S/C10H8Cl2N4O3/c1-18-10(17)19-9-8(13)16(15-14-9)7-3-5(11)2-6(12)4-7/h2-4H,13H2,1H3. The number of nitrogens with two attached hydrogens (primary N) is 1. The lowest BCUT2D eigenvalue weighted by Gasteiger charge is -2.04. The van der Waals surface area contributed by atoms with E-state index >= 15 is 0 Å². The summed E-state index contributed by atoms with van der Waals surface area (Å²) < 4.78 is 10.3. The summed E-state index contributed by atoms with van der Waals surface area (Å²) in [4.78, 5) is 11.0. The zero-order valence-electron chi connectivity index (χ0n) is 9.63. The fraction of sp³-hybridized carbons (Fsp3) is 0.100. The summed E-state index contributed by atoms with van der Waals surface area (Å²) in [5.41, 5.74) is 6.25. The molecule has 2 aromatic rings. The summed E-state index contributed by atoms with van der Waals surface area (Å²) in [5.74, 6) is -0.147. The van der Waals surface area contributed by atoms with Crippen molar-refractivity contribution >= 4 is 35.2 Å². The van der Waals surface area contributed by atoms with E-state index in [0.29, 0.717) is 15.7 Å². The summed E-state index contributed by atoms with van der Waals surface area (Å²) in [6.45, 7) is 0. The van der Waals surface area contributed by atoms with Crippen molar-refractivity contribution in [1.82, 2.24) is 15.0 Å². The molecule has 0 saturated heterocycles. The van der Waals surface area contributed by atoms with Crippen molar-refractivity contribution in [2.24, 2.45) is 0 Å². The second kappa shape index (κ2) is 5.33. The first kappa shape index (κ1) is 13.4. The number of nitrogen functional groups attached to an aromatic ring is 1. The van der Waals surface area contributed by atoms with E-state index in [0.717, 1.165) is 0 Å². The smallest absolute Gasteiger partial charge is 0.437 e. The van der Waals surface area contributed by atoms with Gasteiger partial charge in [-0.1, -0.05) is 33.5 Å². The molecule has 0 unspecified atom stereocenters. The first-order chi connectivity index (χ1) is 9.01. The van der Waals surface area contributed by atoms with Crippen LogP contribution in [0.2, 0.25) is 10.0 Å². The molecule has 0 aliphatic carbocycles. The lowest BCUT2D eigenvalue weighted by Crippen LogP contribution is -2.09. The first-order valence-electron chi connectivity index (χ1n) is 4.94. The van der Waals surface area contributed by atoms with Gasteiger partial charge in [0, 0.05) is 10.0 Å². The molecule has 0 bridgehead atoms. The summed E-state index contributed by atoms with van der Waals surface area (Å²) in [6.07, 6.45) is -0.942. The Kier molecular flexibility index (Phi) is 3.77. The molecule has 0 aliphatic heterocycles. The van der Waals surface area contributed by atoms with Gasteiger partial charge in [0.15, 0.2) is 5.82 Å². The number of ether oxygens (including phenoxy) is 2. The van der Waals surface area contributed by atoms with Gasteiger partial charge in [0.2, 0.25) is 0 Å². The van der Waals surface area contributed by atoms with E-state index in [1.54, 1.807) is 18.2 Å². The number of aromatic nitrogens is 3. The van der Waals surface area contributed by atoms with Crippen LogP contribution in [-0.4, -0.2) is 28.3 Å². The van der Waals surface area contributed by atoms with Gasteiger partial charge in [0.1, 0.15) is 0 Å². The second-order valence-electron chi connectivity index (χ2n) is 3.38. The number of rotatable bonds is 2. The second-order valence-corrected chi connectivity index (χ2v) is 4.25. The third-order valence-corrected chi connectivity index (χ3v) is 2.55. The average Bonchev–Trinajstić information content (AvgIpc) is 2.69. The molecule has 7 nitrogen and oxygen atoms in total. The molecule has 100 valence electrons. The largest absolute Gasteiger partial charge is 0.515 e. The molecular weight excluding hydrogens is 295 g/mol. The quantitative estimate of drug-likeness (QED) is 0.856. The first-order valence-corrected chi connectivity index (χ1v) is 5.70. The Bertz CT molecular complexity index is 609. The van der Waals surface area contributed by atoms with E-state index in [9.17, 15) is 4.79 Å². The Balaban J connectivity index is 2.38. The molecule has 1 heterocycles. The number of nitrogens with zero attached hydrogens (tertiary/aromatic N) is 3. The van der Waals surface area contributed by atoms with Gasteiger partial charge in [0.25, 0.3) is 5.88 Å². The maximum Gasteiger partial charge on any atom is 0.515 e. The highest BCUT2D eigenvalue weighted by atomic mass is 35.5. The molecule has 9 heteroatoms. The number of anilines is 1. The van der Waals surface area contributed by atoms with Crippen molar-refractivity contribution in [3.05, 3.63) is 28.2 Å². The number of carbonyl (C=O) groups excluding carboxylic acids is 1. The number of methoxy groups -OCH3 is 1. The van der Waals surface area contributed by atoms with Crippen molar-refractivity contribution in [1.29, 1.82) is 0 Å². The van der Waals surface area contributed by atoms with E-state index in [4.69, 9.17) is 33.7 Å². The summed E-state index contributed by atoms with van der Waals surface area (Å²) in [7, 11) is 1.17. The average molecular weight is 303 g/mol. The molecule has 0 fully saturated rings. The zero-order valence-corrected chi connectivity index (χ0v) is 11.1. The van der Waals surface area contributed by atoms with E-state index in [1.807, 2.05) is 0 Å². The van der Waals surface area contributed by atoms with Crippen LogP contribution in [-0.2, 0) is 4.74 Å². The van der Waals surface area contributed by atoms with Crippen LogP contribution in [0.3, 0.4) is 0 Å². The molecule has 0 spiro atoms. The van der Waals surface area contributed by atoms with Gasteiger partial charge in [-0.25, -0.2) is 4.79 Å². The lowest BCUT2D eigenvalue weighted by atomic mass is 10.3. The predicted octanol–water partition coefficient (Wildman–Crippen LogP) is 2.30. The van der Waals surface area contributed by atoms with Crippen LogP contribution in [0.15, 0.2) is 18.2 Å². The van der Waals surface area contributed by atoms with Crippen LogP contribution in [0, 0.1) is 0 Å². The van der Waals surface area contributed by atoms with Crippen LogP contribution in [0.5, 0.6) is 5.88 Å². The van der Waals surface area contributed by atoms with Crippen LogP contribution in [0.1, 0.15) is 0 Å². The zero-order chi connectivity index (χ0) is 14.0. The van der Waals surface area contributed by atoms with Gasteiger partial charge in [-0.15, -0.1) is 0 Å². The third-order valence-electron chi connectivity index (χ3n) is 2.11. The molecule has 1 aromatic carbocycles. The molecular formula is C10H8Cl2N4O3. The minimum absolute atomic E-state index is 0.0173. The van der Waals surface area contributed by atoms with Crippen LogP contribution in [0.25, 0.3) is 5.69 Å². The normalized spacial score (nSPS) is 10.3. The number of carbonyl (C=O) groups is 1. The Morgan fingerprint density at radius 2 is 1.95 bits per heavy atom. The lowest BCUT2D eigenvalue weighted by molar-refractivity contribution is 0.120. The predicted molar refractivity (Wildman–Crippen MR) is 68.8 cm³/mol. The van der Waals surface area contributed by atoms with Crippen molar-refractivity contribution < 1.29 is 14.3 Å². The molecule has 0 atom stereocenters. The fourth-order valence-electron chi connectivity index (χ4n) is 1.32. The van der Waals surface area contributed by atoms with E-state index in [1.165, 1.54) is 11.8 Å². The Labute approximate surface area is 117 Å². The van der Waals surface area contributed by atoms with Crippen molar-refractivity contribution in [2.75, 3.05) is 12.8 Å². The molecule has 0 amide bonds. The van der Waals surface area contributed by atoms with E-state index in [-0.39, 0.29) is 11.7 Å². The van der Waals surface area contributed by atoms with Crippen LogP contribution in [0.4, 0.5) is 10.6 Å². The number of hydrogen-bond acceptors (Lipinski definition) is 6. The molecule has 19 heavy (non-hydrogen) atoms. The number of benzene rings is 1. The molecule has 2 rings (SSSR count). The Morgan fingerprint density at radius 3 is 2.53 bits per heavy atom. The maximum atomic E-state index is 11.0. The van der Waals surface area contributed by atoms with Gasteiger partial charge in [-0.2, -0.15) is 4.68 Å². The Hall–Kier alpha value is -1.99. The van der Waals surface area contributed by atoms with Gasteiger partial charge in [0.05, 0.1) is 12.8 Å². The van der Waals surface area contributed by atoms with E-state index in [2.05, 4.69) is 15.0 Å². The van der Waals surface area contributed by atoms with Gasteiger partial charge < -0.3 is 15.2 Å². The van der Waals surface area contributed by atoms with Gasteiger partial charge in [-0.05, 0) is 18.2 Å². The fourth-order valence-corrected chi connectivity index (χ4v) is 1.84. The minimum atomic E-state index is -0.942. The highest BCUT2D eigenvalue weighted by Crippen LogP contribution is 2.26. The molecule has 1 aromatic heterocycles. The van der Waals surface area contributed by atoms with Crippen molar-refractivity contribution in [2.45, 2.75) is 0 Å². The van der Waals surface area contributed by atoms with Gasteiger partial charge in [-0.3, -0.25) is 0 Å². The summed E-state index contributed by atoms with van der Waals surface area (Å²) in [6, 6.07) is 4.73. The molecule has 0 radical (unpaired) electrons. The minimum Gasteiger partial charge on any atom is -0.437 e. The molecule has 0 saturated carbocycles. The summed E-state index contributed by atoms with van der Waals surface area (Å²) >= 11 is 11.7. The third kappa shape index (κ3) is 2.88.